The van der Waals surface area contributed by atoms with Crippen molar-refractivity contribution < 1.29 is 31.4 Å². The lowest BCUT2D eigenvalue weighted by Gasteiger charge is -2.61. The summed E-state index contributed by atoms with van der Waals surface area (Å²) in [4.78, 5) is 5.22. The van der Waals surface area contributed by atoms with Gasteiger partial charge >= 0.3 is 6.18 Å². The standard InChI is InChI=1S/C26H24ClF5N6O2/c1-39-21-6-20(17(28)5-18(21)29)35-9-24(10-35)11-36(12-24)23-34-33-22-8-37(25(13-40-14-25)26(30,31)32)7-15-4-16(27)2-3-19(15)38(22)23/h2-6H,7-14H2,1H3. The van der Waals surface area contributed by atoms with Gasteiger partial charge in [0.1, 0.15) is 5.82 Å². The number of hydrogen-bond acceptors (Lipinski definition) is 7. The van der Waals surface area contributed by atoms with Gasteiger partial charge < -0.3 is 19.3 Å². The van der Waals surface area contributed by atoms with Crippen molar-refractivity contribution in [1.29, 1.82) is 0 Å². The summed E-state index contributed by atoms with van der Waals surface area (Å²) in [5, 5.41) is 9.13. The zero-order valence-electron chi connectivity index (χ0n) is 21.3. The molecule has 0 bridgehead atoms. The number of benzene rings is 2. The molecule has 212 valence electrons. The Labute approximate surface area is 230 Å². The van der Waals surface area contributed by atoms with Gasteiger partial charge in [-0.15, -0.1) is 10.2 Å². The van der Waals surface area contributed by atoms with Crippen molar-refractivity contribution in [3.8, 4) is 11.4 Å². The first-order valence-electron chi connectivity index (χ1n) is 12.7. The van der Waals surface area contributed by atoms with Gasteiger partial charge in [-0.05, 0) is 23.8 Å². The van der Waals surface area contributed by atoms with Crippen LogP contribution in [0.4, 0.5) is 33.6 Å². The van der Waals surface area contributed by atoms with Crippen LogP contribution >= 0.6 is 11.6 Å². The molecule has 1 aromatic heterocycles. The SMILES string of the molecule is COc1cc(N2CC3(C2)CN(c2nnc4n2-c2ccc(Cl)cc2CN(C2(C(F)(F)F)COC2)C4)C3)c(F)cc1F. The Morgan fingerprint density at radius 1 is 0.925 bits per heavy atom. The van der Waals surface area contributed by atoms with E-state index in [1.807, 2.05) is 14.4 Å². The number of alkyl halides is 3. The van der Waals surface area contributed by atoms with Crippen LogP contribution in [0.1, 0.15) is 11.4 Å². The van der Waals surface area contributed by atoms with E-state index in [1.54, 1.807) is 18.2 Å². The molecule has 0 amide bonds. The lowest BCUT2D eigenvalue weighted by atomic mass is 9.72. The minimum Gasteiger partial charge on any atom is -0.494 e. The van der Waals surface area contributed by atoms with E-state index in [9.17, 15) is 22.0 Å². The number of halogens is 6. The van der Waals surface area contributed by atoms with Gasteiger partial charge in [0.25, 0.3) is 0 Å². The predicted molar refractivity (Wildman–Crippen MR) is 135 cm³/mol. The van der Waals surface area contributed by atoms with Crippen LogP contribution in [0.3, 0.4) is 0 Å². The summed E-state index contributed by atoms with van der Waals surface area (Å²) in [6, 6.07) is 7.34. The molecular formula is C26H24ClF5N6O2. The molecule has 40 heavy (non-hydrogen) atoms. The number of aromatic nitrogens is 3. The second-order valence-electron chi connectivity index (χ2n) is 11.1. The lowest BCUT2D eigenvalue weighted by Crippen LogP contribution is -2.73. The van der Waals surface area contributed by atoms with Crippen molar-refractivity contribution in [2.45, 2.75) is 24.8 Å². The highest BCUT2D eigenvalue weighted by atomic mass is 35.5. The summed E-state index contributed by atoms with van der Waals surface area (Å²) in [5.41, 5.74) is -0.639. The van der Waals surface area contributed by atoms with Gasteiger partial charge in [0.15, 0.2) is 22.9 Å². The topological polar surface area (TPSA) is 58.9 Å². The lowest BCUT2D eigenvalue weighted by molar-refractivity contribution is -0.310. The smallest absolute Gasteiger partial charge is 0.411 e. The minimum absolute atomic E-state index is 0.0210. The van der Waals surface area contributed by atoms with Crippen molar-refractivity contribution in [3.63, 3.8) is 0 Å². The molecule has 0 unspecified atom stereocenters. The van der Waals surface area contributed by atoms with Crippen LogP contribution in [0.25, 0.3) is 5.69 Å². The van der Waals surface area contributed by atoms with Crippen LogP contribution < -0.4 is 14.5 Å². The van der Waals surface area contributed by atoms with Crippen molar-refractivity contribution in [2.24, 2.45) is 5.41 Å². The molecule has 0 N–H and O–H groups in total. The van der Waals surface area contributed by atoms with Crippen LogP contribution in [0.5, 0.6) is 5.75 Å². The highest BCUT2D eigenvalue weighted by molar-refractivity contribution is 6.30. The van der Waals surface area contributed by atoms with E-state index in [0.717, 1.165) is 6.07 Å². The summed E-state index contributed by atoms with van der Waals surface area (Å²) >= 11 is 6.26. The normalized spacial score (nSPS) is 21.2. The van der Waals surface area contributed by atoms with Crippen LogP contribution in [0.2, 0.25) is 5.02 Å². The van der Waals surface area contributed by atoms with E-state index in [1.165, 1.54) is 18.1 Å². The van der Waals surface area contributed by atoms with Crippen LogP contribution in [0, 0.1) is 17.0 Å². The average Bonchev–Trinajstić information content (AvgIpc) is 3.12. The second-order valence-corrected chi connectivity index (χ2v) is 11.5. The Balaban J connectivity index is 1.15. The van der Waals surface area contributed by atoms with Crippen LogP contribution in [-0.2, 0) is 17.8 Å². The fourth-order valence-corrected chi connectivity index (χ4v) is 6.47. The molecule has 0 aliphatic carbocycles. The largest absolute Gasteiger partial charge is 0.494 e. The highest BCUT2D eigenvalue weighted by Crippen LogP contribution is 2.47. The average molecular weight is 583 g/mol. The molecule has 8 nitrogen and oxygen atoms in total. The molecule has 4 aliphatic rings. The minimum atomic E-state index is -4.49. The number of fused-ring (bicyclic) bond motifs is 3. The van der Waals surface area contributed by atoms with E-state index in [-0.39, 0.29) is 29.9 Å². The summed E-state index contributed by atoms with van der Waals surface area (Å²) in [6.45, 7) is 1.39. The van der Waals surface area contributed by atoms with Gasteiger partial charge in [0, 0.05) is 55.3 Å². The molecule has 3 saturated heterocycles. The van der Waals surface area contributed by atoms with Gasteiger partial charge in [-0.1, -0.05) is 11.6 Å². The monoisotopic (exact) mass is 582 g/mol. The number of ether oxygens (including phenoxy) is 2. The molecule has 3 aromatic rings. The molecule has 2 aromatic carbocycles. The van der Waals surface area contributed by atoms with Gasteiger partial charge in [-0.3, -0.25) is 9.47 Å². The van der Waals surface area contributed by atoms with E-state index in [2.05, 4.69) is 10.2 Å². The third-order valence-corrected chi connectivity index (χ3v) is 8.69. The van der Waals surface area contributed by atoms with Gasteiger partial charge in [0.2, 0.25) is 5.95 Å². The molecule has 0 radical (unpaired) electrons. The maximum atomic E-state index is 14.5. The highest BCUT2D eigenvalue weighted by Gasteiger charge is 2.64. The third-order valence-electron chi connectivity index (χ3n) is 8.45. The number of methoxy groups -OCH3 is 1. The fraction of sp³-hybridized carbons (Fsp3) is 0.462. The third kappa shape index (κ3) is 3.70. The quantitative estimate of drug-likeness (QED) is 0.428. The Hall–Kier alpha value is -3.16. The van der Waals surface area contributed by atoms with E-state index in [4.69, 9.17) is 21.1 Å². The van der Waals surface area contributed by atoms with E-state index < -0.39 is 36.6 Å². The zero-order valence-corrected chi connectivity index (χ0v) is 22.1. The van der Waals surface area contributed by atoms with E-state index in [0.29, 0.717) is 54.2 Å². The fourth-order valence-electron chi connectivity index (χ4n) is 6.27. The number of rotatable bonds is 4. The molecule has 14 heteroatoms. The molecule has 5 heterocycles. The van der Waals surface area contributed by atoms with Crippen molar-refractivity contribution >= 4 is 23.2 Å². The molecule has 1 spiro atoms. The zero-order chi connectivity index (χ0) is 28.0. The first-order chi connectivity index (χ1) is 19.0. The van der Waals surface area contributed by atoms with Gasteiger partial charge in [0.05, 0.1) is 38.2 Å². The number of hydrogen-bond donors (Lipinski definition) is 0. The molecule has 4 aliphatic heterocycles. The maximum Gasteiger partial charge on any atom is 0.411 e. The Kier molecular flexibility index (Phi) is 5.59. The first-order valence-corrected chi connectivity index (χ1v) is 13.1. The molecule has 3 fully saturated rings. The van der Waals surface area contributed by atoms with Crippen LogP contribution in [0.15, 0.2) is 30.3 Å². The molecule has 7 rings (SSSR count). The summed E-state index contributed by atoms with van der Waals surface area (Å²) in [7, 11) is 1.33. The summed E-state index contributed by atoms with van der Waals surface area (Å²) < 4.78 is 82.8. The number of nitrogens with zero attached hydrogens (tertiary/aromatic N) is 6. The first kappa shape index (κ1) is 25.8. The van der Waals surface area contributed by atoms with Crippen LogP contribution in [-0.4, -0.2) is 77.9 Å². The van der Waals surface area contributed by atoms with Crippen molar-refractivity contribution in [2.75, 3.05) is 56.3 Å². The van der Waals surface area contributed by atoms with Gasteiger partial charge in [-0.25, -0.2) is 8.78 Å². The summed E-state index contributed by atoms with van der Waals surface area (Å²) in [5.74, 6) is -0.506. The summed E-state index contributed by atoms with van der Waals surface area (Å²) in [6.07, 6.45) is -4.49. The predicted octanol–water partition coefficient (Wildman–Crippen LogP) is 4.18. The Morgan fingerprint density at radius 2 is 1.65 bits per heavy atom. The second kappa shape index (κ2) is 8.67. The van der Waals surface area contributed by atoms with Gasteiger partial charge in [-0.2, -0.15) is 13.2 Å². The maximum absolute atomic E-state index is 14.5. The Morgan fingerprint density at radius 3 is 2.30 bits per heavy atom. The molecule has 0 atom stereocenters. The van der Waals surface area contributed by atoms with Crippen molar-refractivity contribution in [1.82, 2.24) is 19.7 Å². The van der Waals surface area contributed by atoms with E-state index >= 15 is 0 Å². The Bertz CT molecular complexity index is 1500. The number of anilines is 2. The molecule has 0 saturated carbocycles. The van der Waals surface area contributed by atoms with Crippen molar-refractivity contribution in [3.05, 3.63) is 58.4 Å². The molecular weight excluding hydrogens is 559 g/mol.